The molecule has 0 N–H and O–H groups in total. The number of carbonyl (C=O) groups is 2. The fourth-order valence-corrected chi connectivity index (χ4v) is 1.35. The van der Waals surface area contributed by atoms with E-state index in [0.717, 1.165) is 12.2 Å². The van der Waals surface area contributed by atoms with E-state index in [-0.39, 0.29) is 26.4 Å². The Morgan fingerprint density at radius 3 is 1.44 bits per heavy atom. The molecule has 0 amide bonds. The van der Waals surface area contributed by atoms with Gasteiger partial charge in [0.25, 0.3) is 0 Å². The summed E-state index contributed by atoms with van der Waals surface area (Å²) in [7, 11) is 0. The smallest absolute Gasteiger partial charge is 0.330 e. The molecule has 0 aliphatic heterocycles. The number of esters is 2. The Kier molecular flexibility index (Phi) is 15.5. The van der Waals surface area contributed by atoms with Gasteiger partial charge in [-0.15, -0.1) is 0 Å². The largest absolute Gasteiger partial charge is 0.460 e. The number of carbonyl (C=O) groups excluding carboxylic acids is 2. The van der Waals surface area contributed by atoms with Gasteiger partial charge < -0.3 is 28.4 Å². The Hall–Kier alpha value is -2.00. The van der Waals surface area contributed by atoms with Gasteiger partial charge in [-0.25, -0.2) is 9.59 Å². The van der Waals surface area contributed by atoms with Crippen LogP contribution in [0.1, 0.15) is 0 Å². The van der Waals surface area contributed by atoms with Crippen LogP contribution in [0.15, 0.2) is 38.0 Å². The predicted octanol–water partition coefficient (Wildman–Crippen LogP) is 1.02. The minimum atomic E-state index is -0.579. The maximum Gasteiger partial charge on any atom is 0.330 e. The lowest BCUT2D eigenvalue weighted by molar-refractivity contribution is -0.142. The molecule has 0 fully saturated rings. The molecule has 0 rings (SSSR count). The van der Waals surface area contributed by atoms with Crippen molar-refractivity contribution in [3.05, 3.63) is 38.0 Å². The molecule has 0 radical (unpaired) electrons. The van der Waals surface area contributed by atoms with E-state index >= 15 is 0 Å². The van der Waals surface area contributed by atoms with E-state index in [0.29, 0.717) is 26.4 Å². The average molecular weight is 358 g/mol. The molecule has 8 heteroatoms. The summed E-state index contributed by atoms with van der Waals surface area (Å²) in [6, 6.07) is 0. The molecule has 0 spiro atoms. The van der Waals surface area contributed by atoms with Crippen molar-refractivity contribution in [3.63, 3.8) is 0 Å². The zero-order valence-corrected chi connectivity index (χ0v) is 14.4. The molecule has 0 aromatic heterocycles. The average Bonchev–Trinajstić information content (AvgIpc) is 2.63. The first-order valence-corrected chi connectivity index (χ1v) is 7.73. The van der Waals surface area contributed by atoms with Gasteiger partial charge in [-0.3, -0.25) is 0 Å². The molecule has 0 atom stereocenters. The lowest BCUT2D eigenvalue weighted by Crippen LogP contribution is -2.21. The van der Waals surface area contributed by atoms with Crippen LogP contribution in [0.5, 0.6) is 0 Å². The van der Waals surface area contributed by atoms with Crippen LogP contribution in [-0.2, 0) is 38.0 Å². The molecular weight excluding hydrogens is 332 g/mol. The fourth-order valence-electron chi connectivity index (χ4n) is 1.35. The topological polar surface area (TPSA) is 89.5 Å². The number of hydrogen-bond donors (Lipinski definition) is 0. The maximum absolute atomic E-state index is 10.8. The molecule has 0 aromatic carbocycles. The second kappa shape index (κ2) is 16.8. The third-order valence-electron chi connectivity index (χ3n) is 2.49. The zero-order chi connectivity index (χ0) is 18.8. The van der Waals surface area contributed by atoms with Crippen molar-refractivity contribution in [2.75, 3.05) is 52.9 Å². The monoisotopic (exact) mass is 358 g/mol. The van der Waals surface area contributed by atoms with Gasteiger partial charge in [-0.1, -0.05) is 19.7 Å². The first kappa shape index (κ1) is 23.0. The maximum atomic E-state index is 10.8. The molecule has 0 unspecified atom stereocenters. The summed E-state index contributed by atoms with van der Waals surface area (Å²) < 4.78 is 30.7. The van der Waals surface area contributed by atoms with Crippen molar-refractivity contribution in [2.24, 2.45) is 0 Å². The molecule has 0 aromatic rings. The summed E-state index contributed by atoms with van der Waals surface area (Å²) in [6.07, 6.45) is 3.11. The summed E-state index contributed by atoms with van der Waals surface area (Å²) in [5.74, 6) is -0.970. The Balaban J connectivity index is 3.46. The number of rotatable bonds is 17. The predicted molar refractivity (Wildman–Crippen MR) is 89.8 cm³/mol. The third-order valence-corrected chi connectivity index (χ3v) is 2.49. The standard InChI is InChI=1S/C17H26O8/c1-4-15(18)22-11-7-20-9-13-24-17(6-3)25-14-10-21-8-12-23-16(19)5-2/h4-6,17H,1-3,7-14H2. The van der Waals surface area contributed by atoms with E-state index in [4.69, 9.17) is 28.4 Å². The third kappa shape index (κ3) is 15.3. The summed E-state index contributed by atoms with van der Waals surface area (Å²) in [5.41, 5.74) is 0. The van der Waals surface area contributed by atoms with Crippen molar-refractivity contribution >= 4 is 11.9 Å². The quantitative estimate of drug-likeness (QED) is 0.125. The van der Waals surface area contributed by atoms with Crippen LogP contribution in [0.3, 0.4) is 0 Å². The van der Waals surface area contributed by atoms with E-state index in [1.807, 2.05) is 0 Å². The lowest BCUT2D eigenvalue weighted by atomic mass is 10.6. The Morgan fingerprint density at radius 1 is 0.680 bits per heavy atom. The second-order valence-electron chi connectivity index (χ2n) is 4.31. The van der Waals surface area contributed by atoms with E-state index in [9.17, 15) is 9.59 Å². The first-order valence-electron chi connectivity index (χ1n) is 7.73. The van der Waals surface area contributed by atoms with Crippen LogP contribution in [0.2, 0.25) is 0 Å². The molecule has 0 saturated heterocycles. The fraction of sp³-hybridized carbons (Fsp3) is 0.529. The molecule has 8 nitrogen and oxygen atoms in total. The van der Waals surface area contributed by atoms with Gasteiger partial charge in [-0.2, -0.15) is 0 Å². The molecule has 0 aliphatic carbocycles. The molecule has 25 heavy (non-hydrogen) atoms. The van der Waals surface area contributed by atoms with E-state index in [1.165, 1.54) is 6.08 Å². The highest BCUT2D eigenvalue weighted by atomic mass is 16.7. The van der Waals surface area contributed by atoms with Crippen molar-refractivity contribution in [1.29, 1.82) is 0 Å². The summed E-state index contributed by atoms with van der Waals surface area (Å²) in [6.45, 7) is 12.3. The van der Waals surface area contributed by atoms with Crippen molar-refractivity contribution < 1.29 is 38.0 Å². The van der Waals surface area contributed by atoms with Crippen LogP contribution in [-0.4, -0.2) is 71.1 Å². The van der Waals surface area contributed by atoms with Crippen LogP contribution in [0, 0.1) is 0 Å². The highest BCUT2D eigenvalue weighted by molar-refractivity contribution is 5.81. The summed E-state index contributed by atoms with van der Waals surface area (Å²) in [4.78, 5) is 21.5. The van der Waals surface area contributed by atoms with Gasteiger partial charge in [0.05, 0.1) is 39.6 Å². The molecule has 142 valence electrons. The van der Waals surface area contributed by atoms with Crippen LogP contribution in [0.4, 0.5) is 0 Å². The van der Waals surface area contributed by atoms with Crippen molar-refractivity contribution in [1.82, 2.24) is 0 Å². The number of ether oxygens (including phenoxy) is 6. The first-order chi connectivity index (χ1) is 12.1. The van der Waals surface area contributed by atoms with Crippen LogP contribution >= 0.6 is 0 Å². The van der Waals surface area contributed by atoms with Crippen molar-refractivity contribution in [3.8, 4) is 0 Å². The Morgan fingerprint density at radius 2 is 1.08 bits per heavy atom. The number of hydrogen-bond acceptors (Lipinski definition) is 8. The highest BCUT2D eigenvalue weighted by Crippen LogP contribution is 1.97. The van der Waals surface area contributed by atoms with Gasteiger partial charge >= 0.3 is 11.9 Å². The summed E-state index contributed by atoms with van der Waals surface area (Å²) >= 11 is 0. The summed E-state index contributed by atoms with van der Waals surface area (Å²) in [5, 5.41) is 0. The minimum absolute atomic E-state index is 0.158. The van der Waals surface area contributed by atoms with Crippen molar-refractivity contribution in [2.45, 2.75) is 6.29 Å². The van der Waals surface area contributed by atoms with E-state index in [1.54, 1.807) is 0 Å². The van der Waals surface area contributed by atoms with Gasteiger partial charge in [0, 0.05) is 12.2 Å². The van der Waals surface area contributed by atoms with Gasteiger partial charge in [0.1, 0.15) is 13.2 Å². The highest BCUT2D eigenvalue weighted by Gasteiger charge is 2.04. The van der Waals surface area contributed by atoms with Crippen LogP contribution < -0.4 is 0 Å². The van der Waals surface area contributed by atoms with Gasteiger partial charge in [0.2, 0.25) is 0 Å². The molecule has 0 saturated carbocycles. The second-order valence-corrected chi connectivity index (χ2v) is 4.31. The van der Waals surface area contributed by atoms with Gasteiger partial charge in [-0.05, 0) is 6.08 Å². The molecule has 0 heterocycles. The van der Waals surface area contributed by atoms with E-state index < -0.39 is 18.2 Å². The van der Waals surface area contributed by atoms with E-state index in [2.05, 4.69) is 19.7 Å². The normalized spacial score (nSPS) is 10.3. The Bertz CT molecular complexity index is 373. The Labute approximate surface area is 148 Å². The van der Waals surface area contributed by atoms with Crippen LogP contribution in [0.25, 0.3) is 0 Å². The van der Waals surface area contributed by atoms with Gasteiger partial charge in [0.15, 0.2) is 6.29 Å². The molecule has 0 aliphatic rings. The lowest BCUT2D eigenvalue weighted by Gasteiger charge is -2.15. The minimum Gasteiger partial charge on any atom is -0.460 e. The molecular formula is C17H26O8. The molecule has 0 bridgehead atoms. The zero-order valence-electron chi connectivity index (χ0n) is 14.4. The SMILES string of the molecule is C=CC(=O)OCCOCCOC(C=C)OCCOCCOC(=O)C=C.